The molecule has 2 aromatic carbocycles. The maximum Gasteiger partial charge on any atom is 0.346 e. The van der Waals surface area contributed by atoms with Gasteiger partial charge in [-0.1, -0.05) is 48.0 Å². The lowest BCUT2D eigenvalue weighted by Crippen LogP contribution is -2.47. The Balaban J connectivity index is 0.000000607. The van der Waals surface area contributed by atoms with E-state index in [1.807, 2.05) is 63.2 Å². The number of carbonyl (C=O) groups is 4. The van der Waals surface area contributed by atoms with Crippen molar-refractivity contribution in [3.05, 3.63) is 70.3 Å². The predicted molar refractivity (Wildman–Crippen MR) is 127 cm³/mol. The average Bonchev–Trinajstić information content (AvgIpc) is 2.67. The lowest BCUT2D eigenvalue weighted by atomic mass is 10.00. The summed E-state index contributed by atoms with van der Waals surface area (Å²) in [5, 5.41) is 11.0. The first-order valence-corrected chi connectivity index (χ1v) is 10.1. The van der Waals surface area contributed by atoms with Crippen LogP contribution in [0.3, 0.4) is 0 Å². The molecule has 0 unspecified atom stereocenters. The van der Waals surface area contributed by atoms with Crippen molar-refractivity contribution in [3.8, 4) is 0 Å². The summed E-state index contributed by atoms with van der Waals surface area (Å²) in [5.74, 6) is -2.69. The lowest BCUT2D eigenvalue weighted by Gasteiger charge is -2.14. The highest BCUT2D eigenvalue weighted by Crippen LogP contribution is 2.17. The Bertz CT molecular complexity index is 955. The summed E-state index contributed by atoms with van der Waals surface area (Å²) in [4.78, 5) is 44.4. The van der Waals surface area contributed by atoms with Crippen LogP contribution in [0.15, 0.2) is 42.5 Å². The largest absolute Gasteiger partial charge is 0.480 e. The van der Waals surface area contributed by atoms with Gasteiger partial charge in [0.2, 0.25) is 5.91 Å². The molecule has 1 amide bonds. The van der Waals surface area contributed by atoms with Crippen LogP contribution >= 0.6 is 12.4 Å². The Kier molecular flexibility index (Phi) is 12.7. The van der Waals surface area contributed by atoms with Crippen LogP contribution in [0.4, 0.5) is 0 Å². The van der Waals surface area contributed by atoms with Crippen molar-refractivity contribution in [2.45, 2.75) is 53.1 Å². The topological polar surface area (TPSA) is 136 Å². The molecular formula is C24H31ClN2O6. The average molecular weight is 479 g/mol. The number of carbonyl (C=O) groups excluding carboxylic acids is 3. The number of rotatable bonds is 6. The number of halogens is 1. The van der Waals surface area contributed by atoms with Gasteiger partial charge in [0.1, 0.15) is 6.04 Å². The fraction of sp³-hybridized carbons (Fsp3) is 0.333. The Labute approximate surface area is 199 Å². The molecule has 0 radical (unpaired) electrons. The second-order valence-corrected chi connectivity index (χ2v) is 7.52. The van der Waals surface area contributed by atoms with E-state index in [1.54, 1.807) is 0 Å². The second-order valence-electron chi connectivity index (χ2n) is 7.52. The third-order valence-corrected chi connectivity index (χ3v) is 4.48. The van der Waals surface area contributed by atoms with Gasteiger partial charge in [0.05, 0.1) is 11.6 Å². The van der Waals surface area contributed by atoms with Crippen LogP contribution in [0.1, 0.15) is 46.5 Å². The maximum absolute atomic E-state index is 11.6. The van der Waals surface area contributed by atoms with E-state index >= 15 is 0 Å². The van der Waals surface area contributed by atoms with Gasteiger partial charge in [-0.15, -0.1) is 12.4 Å². The number of carboxylic acid groups (broad SMARTS) is 1. The van der Waals surface area contributed by atoms with E-state index in [1.165, 1.54) is 13.8 Å². The van der Waals surface area contributed by atoms with Crippen LogP contribution in [-0.2, 0) is 25.5 Å². The third-order valence-electron chi connectivity index (χ3n) is 4.48. The van der Waals surface area contributed by atoms with Crippen molar-refractivity contribution < 1.29 is 29.0 Å². The molecule has 33 heavy (non-hydrogen) atoms. The Morgan fingerprint density at radius 1 is 1.03 bits per heavy atom. The molecule has 0 saturated carbocycles. The first-order valence-electron chi connectivity index (χ1n) is 10.1. The molecule has 2 rings (SSSR count). The van der Waals surface area contributed by atoms with Crippen LogP contribution in [0.2, 0.25) is 0 Å². The number of aryl methyl sites for hydroxylation is 3. The summed E-state index contributed by atoms with van der Waals surface area (Å²) in [6, 6.07) is 11.5. The fourth-order valence-corrected chi connectivity index (χ4v) is 3.03. The van der Waals surface area contributed by atoms with Crippen molar-refractivity contribution in [1.29, 1.82) is 0 Å². The number of benzene rings is 2. The van der Waals surface area contributed by atoms with Crippen LogP contribution in [0, 0.1) is 20.8 Å². The molecule has 4 N–H and O–H groups in total. The predicted octanol–water partition coefficient (Wildman–Crippen LogP) is 2.88. The molecule has 0 aliphatic heterocycles. The smallest absolute Gasteiger partial charge is 0.346 e. The van der Waals surface area contributed by atoms with E-state index < -0.39 is 35.9 Å². The zero-order valence-electron chi connectivity index (χ0n) is 19.4. The van der Waals surface area contributed by atoms with Gasteiger partial charge in [0, 0.05) is 6.92 Å². The summed E-state index contributed by atoms with van der Waals surface area (Å²) >= 11 is 0. The SMILES string of the molecule is CC(=O)OC(=O)c1c(C)cc(C)cc1C.C[C@H](NC(=O)[C@@H](N)Cc1ccccc1)C(=O)O.Cl. The Hall–Kier alpha value is -3.23. The lowest BCUT2D eigenvalue weighted by molar-refractivity contribution is -0.141. The molecule has 2 aromatic rings. The molecule has 0 fully saturated rings. The first-order chi connectivity index (χ1) is 14.9. The van der Waals surface area contributed by atoms with Crippen molar-refractivity contribution in [2.75, 3.05) is 0 Å². The summed E-state index contributed by atoms with van der Waals surface area (Å²) in [6.45, 7) is 8.24. The monoisotopic (exact) mass is 478 g/mol. The molecule has 180 valence electrons. The maximum atomic E-state index is 11.6. The molecule has 0 aromatic heterocycles. The highest BCUT2D eigenvalue weighted by atomic mass is 35.5. The van der Waals surface area contributed by atoms with Crippen LogP contribution in [-0.4, -0.2) is 41.0 Å². The second kappa shape index (κ2) is 14.0. The van der Waals surface area contributed by atoms with Crippen LogP contribution in [0.25, 0.3) is 0 Å². The fourth-order valence-electron chi connectivity index (χ4n) is 3.03. The van der Waals surface area contributed by atoms with Gasteiger partial charge < -0.3 is 20.9 Å². The molecule has 0 bridgehead atoms. The van der Waals surface area contributed by atoms with Gasteiger partial charge in [-0.2, -0.15) is 0 Å². The van der Waals surface area contributed by atoms with Crippen molar-refractivity contribution in [1.82, 2.24) is 5.32 Å². The summed E-state index contributed by atoms with van der Waals surface area (Å²) in [5.41, 5.74) is 9.87. The van der Waals surface area contributed by atoms with Crippen LogP contribution < -0.4 is 11.1 Å². The summed E-state index contributed by atoms with van der Waals surface area (Å²) in [6.07, 6.45) is 0.388. The molecule has 0 saturated heterocycles. The molecule has 8 nitrogen and oxygen atoms in total. The zero-order valence-corrected chi connectivity index (χ0v) is 20.2. The van der Waals surface area contributed by atoms with Gasteiger partial charge in [0.15, 0.2) is 0 Å². The molecule has 9 heteroatoms. The number of esters is 2. The minimum Gasteiger partial charge on any atom is -0.480 e. The van der Waals surface area contributed by atoms with Gasteiger partial charge in [-0.25, -0.2) is 4.79 Å². The summed E-state index contributed by atoms with van der Waals surface area (Å²) in [7, 11) is 0. The van der Waals surface area contributed by atoms with Crippen molar-refractivity contribution in [3.63, 3.8) is 0 Å². The van der Waals surface area contributed by atoms with Gasteiger partial charge in [-0.05, 0) is 50.8 Å². The molecule has 0 aliphatic rings. The number of hydrogen-bond acceptors (Lipinski definition) is 6. The number of aliphatic carboxylic acids is 1. The molecule has 0 aliphatic carbocycles. The highest BCUT2D eigenvalue weighted by Gasteiger charge is 2.19. The minimum atomic E-state index is -1.08. The first kappa shape index (κ1) is 29.8. The van der Waals surface area contributed by atoms with Gasteiger partial charge in [-0.3, -0.25) is 14.4 Å². The number of nitrogens with one attached hydrogen (secondary N) is 1. The summed E-state index contributed by atoms with van der Waals surface area (Å²) < 4.78 is 4.56. The van der Waals surface area contributed by atoms with Gasteiger partial charge >= 0.3 is 17.9 Å². The minimum absolute atomic E-state index is 0. The van der Waals surface area contributed by atoms with E-state index in [4.69, 9.17) is 10.8 Å². The van der Waals surface area contributed by atoms with E-state index in [0.717, 1.165) is 22.3 Å². The van der Waals surface area contributed by atoms with Gasteiger partial charge in [0.25, 0.3) is 0 Å². The number of amides is 1. The van der Waals surface area contributed by atoms with Crippen molar-refractivity contribution >= 4 is 36.2 Å². The van der Waals surface area contributed by atoms with E-state index in [0.29, 0.717) is 12.0 Å². The van der Waals surface area contributed by atoms with E-state index in [9.17, 15) is 19.2 Å². The molecule has 0 spiro atoms. The molecule has 2 atom stereocenters. The number of nitrogens with two attached hydrogens (primary N) is 1. The Morgan fingerprint density at radius 2 is 1.55 bits per heavy atom. The normalized spacial score (nSPS) is 11.6. The zero-order chi connectivity index (χ0) is 24.4. The highest BCUT2D eigenvalue weighted by molar-refractivity contribution is 5.98. The van der Waals surface area contributed by atoms with E-state index in [-0.39, 0.29) is 12.4 Å². The number of ether oxygens (including phenoxy) is 1. The standard InChI is InChI=1S/C12H16N2O3.C12H14O3.ClH/c1-8(12(16)17)14-11(15)10(13)7-9-5-3-2-4-6-9;1-7-5-8(2)11(9(3)6-7)12(14)15-10(4)13;/h2-6,8,10H,7,13H2,1H3,(H,14,15)(H,16,17);5-6H,1-4H3;1H/t8-,10-;;/m0../s1. The Morgan fingerprint density at radius 3 is 2.00 bits per heavy atom. The molecule has 0 heterocycles. The number of carboxylic acids is 1. The van der Waals surface area contributed by atoms with E-state index in [2.05, 4.69) is 10.1 Å². The quantitative estimate of drug-likeness (QED) is 0.429. The van der Waals surface area contributed by atoms with Crippen molar-refractivity contribution in [2.24, 2.45) is 5.73 Å². The van der Waals surface area contributed by atoms with Crippen LogP contribution in [0.5, 0.6) is 0 Å². The third kappa shape index (κ3) is 10.3. The molecular weight excluding hydrogens is 448 g/mol. The number of hydrogen-bond donors (Lipinski definition) is 3.